The predicted octanol–water partition coefficient (Wildman–Crippen LogP) is 0.501. The molecule has 1 saturated heterocycles. The van der Waals surface area contributed by atoms with Gasteiger partial charge in [0.05, 0.1) is 55.4 Å². The van der Waals surface area contributed by atoms with E-state index in [9.17, 15) is 29.1 Å². The summed E-state index contributed by atoms with van der Waals surface area (Å²) in [6.07, 6.45) is 0.271. The highest BCUT2D eigenvalue weighted by Gasteiger charge is 2.40. The molecule has 5 atom stereocenters. The van der Waals surface area contributed by atoms with E-state index in [0.29, 0.717) is 72.4 Å². The summed E-state index contributed by atoms with van der Waals surface area (Å²) in [5.74, 6) is 3.08. The number of esters is 4. The zero-order chi connectivity index (χ0) is 37.4. The second kappa shape index (κ2) is 19.4. The van der Waals surface area contributed by atoms with Crippen molar-refractivity contribution in [1.82, 2.24) is 0 Å². The largest absolute Gasteiger partial charge is 0.477 e. The molecular weight excluding hydrogens is 648 g/mol. The standard InChI is InChI=1S/C36H57N4O10/c1-37(17-11-12-26-50-33(43)16-15-31(36(46)49-7)30-13-9-8-10-14-30)18-20-38(2,27-32(41)42)22-23-40(4,29-35(45)48-6)25-24-39(3,21-19-37)28-34(44)47-5/h8-10,13-14,31H,15-29H2,1-7H3/q+3/p+1/t31?,37?,38?,39-,40?/m0/s1. The number of carbonyl (C=O) groups excluding carboxylic acids is 4. The highest BCUT2D eigenvalue weighted by Crippen LogP contribution is 2.23. The van der Waals surface area contributed by atoms with Crippen molar-refractivity contribution in [2.45, 2.75) is 18.8 Å². The van der Waals surface area contributed by atoms with Crippen molar-refractivity contribution in [3.05, 3.63) is 35.9 Å². The quantitative estimate of drug-likeness (QED) is 0.133. The summed E-state index contributed by atoms with van der Waals surface area (Å²) in [5, 5.41) is 9.82. The Kier molecular flexibility index (Phi) is 16.3. The summed E-state index contributed by atoms with van der Waals surface area (Å²) >= 11 is 0. The second-order valence-electron chi connectivity index (χ2n) is 14.5. The van der Waals surface area contributed by atoms with E-state index in [2.05, 4.69) is 18.9 Å². The fourth-order valence-corrected chi connectivity index (χ4v) is 6.09. The average molecular weight is 707 g/mol. The Morgan fingerprint density at radius 2 is 1.12 bits per heavy atom. The van der Waals surface area contributed by atoms with Crippen LogP contribution in [0.15, 0.2) is 30.3 Å². The molecule has 1 aliphatic rings. The maximum atomic E-state index is 12.5. The molecule has 4 unspecified atom stereocenters. The summed E-state index contributed by atoms with van der Waals surface area (Å²) in [6.45, 7) is 5.11. The van der Waals surface area contributed by atoms with E-state index in [0.717, 1.165) is 5.56 Å². The Labute approximate surface area is 296 Å². The molecule has 0 bridgehead atoms. The molecule has 1 fully saturated rings. The molecule has 14 nitrogen and oxygen atoms in total. The first-order valence-corrected chi connectivity index (χ1v) is 16.9. The Morgan fingerprint density at radius 1 is 0.660 bits per heavy atom. The summed E-state index contributed by atoms with van der Waals surface area (Å²) in [5.41, 5.74) is 0.767. The number of benzene rings is 1. The SMILES string of the molecule is COC(=O)C[N+]1(C)CC[N+](C)(CC(=O)O)CC[N+](C)(CC#CCOC(=O)CCC(C(=O)OC)c2ccccc2)CC[N@+](C)(CC(=O)OC)CC1. The number of carbonyl (C=O) groups is 5. The number of ether oxygens (including phenoxy) is 4. The maximum Gasteiger partial charge on any atom is 0.361 e. The third-order valence-electron chi connectivity index (χ3n) is 9.93. The molecule has 1 heterocycles. The summed E-state index contributed by atoms with van der Waals surface area (Å²) in [7, 11) is 12.0. The van der Waals surface area contributed by atoms with Crippen molar-refractivity contribution in [1.29, 1.82) is 0 Å². The molecule has 1 aliphatic heterocycles. The molecule has 1 aromatic carbocycles. The van der Waals surface area contributed by atoms with Crippen LogP contribution in [-0.4, -0.2) is 188 Å². The molecule has 2 rings (SSSR count). The predicted molar refractivity (Wildman–Crippen MR) is 184 cm³/mol. The Morgan fingerprint density at radius 3 is 1.56 bits per heavy atom. The molecule has 278 valence electrons. The fourth-order valence-electron chi connectivity index (χ4n) is 6.09. The highest BCUT2D eigenvalue weighted by molar-refractivity contribution is 5.79. The van der Waals surface area contributed by atoms with E-state index >= 15 is 0 Å². The van der Waals surface area contributed by atoms with Crippen molar-refractivity contribution >= 4 is 29.8 Å². The first kappa shape index (κ1) is 42.1. The summed E-state index contributed by atoms with van der Waals surface area (Å²) < 4.78 is 21.8. The van der Waals surface area contributed by atoms with Crippen LogP contribution in [0.1, 0.15) is 24.3 Å². The Balaban J connectivity index is 2.20. The number of rotatable bonds is 13. The van der Waals surface area contributed by atoms with Crippen LogP contribution in [0.5, 0.6) is 0 Å². The van der Waals surface area contributed by atoms with Gasteiger partial charge in [0.2, 0.25) is 0 Å². The number of carboxylic acids is 1. The van der Waals surface area contributed by atoms with Crippen molar-refractivity contribution in [3.63, 3.8) is 0 Å². The van der Waals surface area contributed by atoms with Gasteiger partial charge in [-0.2, -0.15) is 0 Å². The molecule has 0 aromatic heterocycles. The number of nitrogens with zero attached hydrogens (tertiary/aromatic N) is 4. The van der Waals surface area contributed by atoms with Gasteiger partial charge in [-0.1, -0.05) is 36.3 Å². The molecule has 0 spiro atoms. The summed E-state index contributed by atoms with van der Waals surface area (Å²) in [4.78, 5) is 61.8. The van der Waals surface area contributed by atoms with E-state index in [-0.39, 0.29) is 55.5 Å². The first-order chi connectivity index (χ1) is 23.5. The molecule has 14 heteroatoms. The molecule has 50 heavy (non-hydrogen) atoms. The van der Waals surface area contributed by atoms with Crippen LogP contribution in [0, 0.1) is 11.8 Å². The van der Waals surface area contributed by atoms with Crippen LogP contribution in [0.3, 0.4) is 0 Å². The normalized spacial score (nSPS) is 26.4. The Hall–Kier alpha value is -4.03. The topological polar surface area (TPSA) is 142 Å². The zero-order valence-corrected chi connectivity index (χ0v) is 31.0. The highest BCUT2D eigenvalue weighted by atomic mass is 16.5. The van der Waals surface area contributed by atoms with E-state index in [1.165, 1.54) is 21.3 Å². The van der Waals surface area contributed by atoms with Gasteiger partial charge < -0.3 is 42.0 Å². The van der Waals surface area contributed by atoms with Crippen molar-refractivity contribution in [3.8, 4) is 11.8 Å². The van der Waals surface area contributed by atoms with Crippen LogP contribution in [0.25, 0.3) is 0 Å². The van der Waals surface area contributed by atoms with Gasteiger partial charge >= 0.3 is 29.8 Å². The van der Waals surface area contributed by atoms with Crippen LogP contribution < -0.4 is 0 Å². The van der Waals surface area contributed by atoms with E-state index in [1.54, 1.807) is 0 Å². The van der Waals surface area contributed by atoms with Gasteiger partial charge in [-0.05, 0) is 17.9 Å². The molecule has 0 saturated carbocycles. The number of aliphatic carboxylic acids is 1. The third-order valence-corrected chi connectivity index (χ3v) is 9.93. The molecule has 0 radical (unpaired) electrons. The number of carboxylic acid groups (broad SMARTS) is 1. The minimum absolute atomic E-state index is 0.0261. The number of likely N-dealkylation sites (N-methyl/N-ethyl adjacent to an activating group) is 4. The van der Waals surface area contributed by atoms with Crippen LogP contribution >= 0.6 is 0 Å². The van der Waals surface area contributed by atoms with Crippen LogP contribution in [0.4, 0.5) is 0 Å². The van der Waals surface area contributed by atoms with Crippen LogP contribution in [-0.2, 0) is 42.9 Å². The lowest BCUT2D eigenvalue weighted by molar-refractivity contribution is -1.01. The van der Waals surface area contributed by atoms with E-state index in [4.69, 9.17) is 18.9 Å². The lowest BCUT2D eigenvalue weighted by Crippen LogP contribution is -2.65. The third kappa shape index (κ3) is 14.4. The van der Waals surface area contributed by atoms with Crippen molar-refractivity contribution in [2.75, 3.05) is 135 Å². The van der Waals surface area contributed by atoms with Gasteiger partial charge in [-0.25, -0.2) is 14.4 Å². The number of hydrogen-bond acceptors (Lipinski definition) is 9. The second-order valence-corrected chi connectivity index (χ2v) is 14.5. The fraction of sp³-hybridized carbons (Fsp3) is 0.639. The molecule has 1 aromatic rings. The Bertz CT molecular complexity index is 1380. The van der Waals surface area contributed by atoms with Crippen LogP contribution in [0.2, 0.25) is 0 Å². The van der Waals surface area contributed by atoms with Gasteiger partial charge in [0.1, 0.15) is 58.9 Å². The van der Waals surface area contributed by atoms with E-state index < -0.39 is 23.8 Å². The van der Waals surface area contributed by atoms with Crippen molar-refractivity contribution < 1.29 is 66.0 Å². The maximum absolute atomic E-state index is 12.5. The zero-order valence-electron chi connectivity index (χ0n) is 31.0. The van der Waals surface area contributed by atoms with Crippen molar-refractivity contribution in [2.24, 2.45) is 0 Å². The molecule has 1 N–H and O–H groups in total. The van der Waals surface area contributed by atoms with Gasteiger partial charge in [0.15, 0.2) is 26.2 Å². The lowest BCUT2D eigenvalue weighted by atomic mass is 9.94. The number of quaternary nitrogens is 4. The minimum atomic E-state index is -0.901. The molecule has 0 amide bonds. The number of methoxy groups -OCH3 is 3. The van der Waals surface area contributed by atoms with Gasteiger partial charge in [-0.15, -0.1) is 0 Å². The molecular formula is C36H58N4O10+4. The average Bonchev–Trinajstić information content (AvgIpc) is 3.08. The van der Waals surface area contributed by atoms with Gasteiger partial charge in [0, 0.05) is 6.42 Å². The first-order valence-electron chi connectivity index (χ1n) is 16.9. The lowest BCUT2D eigenvalue weighted by Gasteiger charge is -2.44. The molecule has 0 aliphatic carbocycles. The minimum Gasteiger partial charge on any atom is -0.477 e. The summed E-state index contributed by atoms with van der Waals surface area (Å²) in [6, 6.07) is 9.15. The smallest absolute Gasteiger partial charge is 0.361 e. The van der Waals surface area contributed by atoms with E-state index in [1.807, 2.05) is 51.5 Å². The van der Waals surface area contributed by atoms with Gasteiger partial charge in [-0.3, -0.25) is 9.59 Å². The number of hydrogen-bond donors (Lipinski definition) is 1. The van der Waals surface area contributed by atoms with Gasteiger partial charge in [0.25, 0.3) is 0 Å². The monoisotopic (exact) mass is 706 g/mol.